The molecule has 0 aliphatic heterocycles. The Morgan fingerprint density at radius 1 is 1.39 bits per heavy atom. The Hall–Kier alpha value is -1.42. The molecule has 0 unspecified atom stereocenters. The number of ether oxygens (including phenoxy) is 1. The maximum atomic E-state index is 12.0. The summed E-state index contributed by atoms with van der Waals surface area (Å²) in [6.07, 6.45) is 1.74. The van der Waals surface area contributed by atoms with Crippen LogP contribution in [-0.4, -0.2) is 34.5 Å². The first-order chi connectivity index (χ1) is 8.42. The first-order valence-corrected chi connectivity index (χ1v) is 6.24. The molecular formula is C14H22N2O2. The number of rotatable bonds is 5. The van der Waals surface area contributed by atoms with E-state index < -0.39 is 0 Å². The van der Waals surface area contributed by atoms with Gasteiger partial charge in [-0.2, -0.15) is 0 Å². The third-order valence-electron chi connectivity index (χ3n) is 2.44. The van der Waals surface area contributed by atoms with E-state index in [0.717, 1.165) is 5.69 Å². The van der Waals surface area contributed by atoms with Crippen molar-refractivity contribution >= 4 is 5.91 Å². The summed E-state index contributed by atoms with van der Waals surface area (Å²) in [5, 5.41) is 0. The molecule has 0 fully saturated rings. The fourth-order valence-corrected chi connectivity index (χ4v) is 1.43. The van der Waals surface area contributed by atoms with Gasteiger partial charge in [0.2, 0.25) is 5.91 Å². The van der Waals surface area contributed by atoms with Crippen molar-refractivity contribution in [3.05, 3.63) is 30.1 Å². The first-order valence-electron chi connectivity index (χ1n) is 6.24. The number of aromatic nitrogens is 1. The van der Waals surface area contributed by atoms with E-state index in [2.05, 4.69) is 4.98 Å². The second kappa shape index (κ2) is 6.50. The van der Waals surface area contributed by atoms with Crippen LogP contribution in [0.3, 0.4) is 0 Å². The van der Waals surface area contributed by atoms with Crippen molar-refractivity contribution in [2.24, 2.45) is 0 Å². The smallest absolute Gasteiger partial charge is 0.248 e. The number of carbonyl (C=O) groups is 1. The molecule has 0 N–H and O–H groups in total. The Labute approximate surface area is 109 Å². The van der Waals surface area contributed by atoms with Gasteiger partial charge in [-0.25, -0.2) is 0 Å². The van der Waals surface area contributed by atoms with E-state index in [1.807, 2.05) is 45.9 Å². The van der Waals surface area contributed by atoms with Crippen molar-refractivity contribution < 1.29 is 9.53 Å². The Morgan fingerprint density at radius 2 is 2.11 bits per heavy atom. The average Bonchev–Trinajstić information content (AvgIpc) is 2.33. The van der Waals surface area contributed by atoms with Crippen LogP contribution in [0.5, 0.6) is 0 Å². The quantitative estimate of drug-likeness (QED) is 0.805. The van der Waals surface area contributed by atoms with Gasteiger partial charge in [-0.05, 0) is 39.8 Å². The van der Waals surface area contributed by atoms with Crippen LogP contribution in [0.15, 0.2) is 24.4 Å². The van der Waals surface area contributed by atoms with Crippen molar-refractivity contribution in [2.75, 3.05) is 13.2 Å². The summed E-state index contributed by atoms with van der Waals surface area (Å²) in [6.45, 7) is 9.08. The maximum absolute atomic E-state index is 12.0. The molecule has 0 aliphatic rings. The van der Waals surface area contributed by atoms with Gasteiger partial charge in [0.15, 0.2) is 0 Å². The van der Waals surface area contributed by atoms with Gasteiger partial charge in [-0.1, -0.05) is 6.07 Å². The van der Waals surface area contributed by atoms with Crippen molar-refractivity contribution in [1.82, 2.24) is 9.88 Å². The maximum Gasteiger partial charge on any atom is 0.248 e. The second-order valence-electron chi connectivity index (χ2n) is 5.13. The molecule has 1 aromatic heterocycles. The molecule has 0 atom stereocenters. The Kier molecular flexibility index (Phi) is 5.28. The molecule has 0 radical (unpaired) electrons. The van der Waals surface area contributed by atoms with Gasteiger partial charge in [0.1, 0.15) is 6.61 Å². The first kappa shape index (κ1) is 14.6. The van der Waals surface area contributed by atoms with Crippen LogP contribution in [0.25, 0.3) is 0 Å². The molecule has 0 bridgehead atoms. The molecule has 0 aliphatic carbocycles. The number of carbonyl (C=O) groups excluding carboxylic acids is 1. The van der Waals surface area contributed by atoms with E-state index in [9.17, 15) is 4.79 Å². The highest BCUT2D eigenvalue weighted by Gasteiger charge is 2.17. The molecule has 0 aromatic carbocycles. The third-order valence-corrected chi connectivity index (χ3v) is 2.44. The van der Waals surface area contributed by atoms with Gasteiger partial charge in [0.25, 0.3) is 0 Å². The Morgan fingerprint density at radius 3 is 2.61 bits per heavy atom. The normalized spacial score (nSPS) is 11.3. The molecule has 0 spiro atoms. The van der Waals surface area contributed by atoms with Crippen molar-refractivity contribution in [3.63, 3.8) is 0 Å². The monoisotopic (exact) mass is 250 g/mol. The number of hydrogen-bond acceptors (Lipinski definition) is 3. The molecule has 1 rings (SSSR count). The summed E-state index contributed by atoms with van der Waals surface area (Å²) in [6, 6.07) is 5.71. The van der Waals surface area contributed by atoms with Crippen molar-refractivity contribution in [1.29, 1.82) is 0 Å². The van der Waals surface area contributed by atoms with Crippen LogP contribution in [0, 0.1) is 0 Å². The molecule has 0 saturated carbocycles. The lowest BCUT2D eigenvalue weighted by atomic mass is 10.2. The molecule has 1 aromatic rings. The highest BCUT2D eigenvalue weighted by molar-refractivity contribution is 5.77. The lowest BCUT2D eigenvalue weighted by Crippen LogP contribution is -2.36. The van der Waals surface area contributed by atoms with Crippen LogP contribution in [0.4, 0.5) is 0 Å². The zero-order valence-electron chi connectivity index (χ0n) is 11.6. The predicted octanol–water partition coefficient (Wildman–Crippen LogP) is 2.25. The Balaban J connectivity index is 2.53. The van der Waals surface area contributed by atoms with E-state index in [4.69, 9.17) is 4.74 Å². The topological polar surface area (TPSA) is 42.4 Å². The fourth-order valence-electron chi connectivity index (χ4n) is 1.43. The number of amides is 1. The number of nitrogens with zero attached hydrogens (tertiary/aromatic N) is 2. The number of likely N-dealkylation sites (N-methyl/N-ethyl adjacent to an activating group) is 1. The summed E-state index contributed by atoms with van der Waals surface area (Å²) in [4.78, 5) is 18.0. The lowest BCUT2D eigenvalue weighted by molar-refractivity contribution is -0.141. The zero-order chi connectivity index (χ0) is 13.6. The minimum Gasteiger partial charge on any atom is -0.366 e. The summed E-state index contributed by atoms with van der Waals surface area (Å²) < 4.78 is 5.50. The largest absolute Gasteiger partial charge is 0.366 e. The molecule has 1 amide bonds. The molecule has 18 heavy (non-hydrogen) atoms. The highest BCUT2D eigenvalue weighted by Crippen LogP contribution is 2.08. The van der Waals surface area contributed by atoms with E-state index in [1.54, 1.807) is 11.1 Å². The second-order valence-corrected chi connectivity index (χ2v) is 5.13. The number of hydrogen-bond donors (Lipinski definition) is 0. The summed E-state index contributed by atoms with van der Waals surface area (Å²) in [5.41, 5.74) is 0.600. The van der Waals surface area contributed by atoms with Crippen LogP contribution in [-0.2, 0) is 16.1 Å². The molecule has 100 valence electrons. The van der Waals surface area contributed by atoms with E-state index >= 15 is 0 Å². The molecule has 1 heterocycles. The van der Waals surface area contributed by atoms with E-state index in [0.29, 0.717) is 13.1 Å². The summed E-state index contributed by atoms with van der Waals surface area (Å²) >= 11 is 0. The molecule has 4 heteroatoms. The molecular weight excluding hydrogens is 228 g/mol. The van der Waals surface area contributed by atoms with Gasteiger partial charge in [-0.3, -0.25) is 9.78 Å². The summed E-state index contributed by atoms with van der Waals surface area (Å²) in [7, 11) is 0. The molecule has 0 saturated heterocycles. The van der Waals surface area contributed by atoms with Gasteiger partial charge in [-0.15, -0.1) is 0 Å². The standard InChI is InChI=1S/C14H22N2O2/c1-5-16(10-12-8-6-7-9-15-12)13(17)11-18-14(2,3)4/h6-9H,5,10-11H2,1-4H3. The summed E-state index contributed by atoms with van der Waals surface area (Å²) in [5.74, 6) is -0.00178. The van der Waals surface area contributed by atoms with Crippen molar-refractivity contribution in [3.8, 4) is 0 Å². The van der Waals surface area contributed by atoms with Crippen LogP contribution >= 0.6 is 0 Å². The SMILES string of the molecule is CCN(Cc1ccccn1)C(=O)COC(C)(C)C. The van der Waals surface area contributed by atoms with E-state index in [1.165, 1.54) is 0 Å². The van der Waals surface area contributed by atoms with Crippen LogP contribution < -0.4 is 0 Å². The van der Waals surface area contributed by atoms with Gasteiger partial charge in [0.05, 0.1) is 17.8 Å². The van der Waals surface area contributed by atoms with Crippen molar-refractivity contribution in [2.45, 2.75) is 39.8 Å². The third kappa shape index (κ3) is 5.27. The van der Waals surface area contributed by atoms with Crippen LogP contribution in [0.1, 0.15) is 33.4 Å². The van der Waals surface area contributed by atoms with E-state index in [-0.39, 0.29) is 18.1 Å². The minimum absolute atomic E-state index is 0.00178. The van der Waals surface area contributed by atoms with Gasteiger partial charge < -0.3 is 9.64 Å². The van der Waals surface area contributed by atoms with Gasteiger partial charge in [0, 0.05) is 12.7 Å². The average molecular weight is 250 g/mol. The lowest BCUT2D eigenvalue weighted by Gasteiger charge is -2.24. The zero-order valence-corrected chi connectivity index (χ0v) is 11.6. The minimum atomic E-state index is -0.292. The highest BCUT2D eigenvalue weighted by atomic mass is 16.5. The number of pyridine rings is 1. The van der Waals surface area contributed by atoms with Crippen LogP contribution in [0.2, 0.25) is 0 Å². The molecule has 4 nitrogen and oxygen atoms in total. The fraction of sp³-hybridized carbons (Fsp3) is 0.571. The van der Waals surface area contributed by atoms with Gasteiger partial charge >= 0.3 is 0 Å². The predicted molar refractivity (Wildman–Crippen MR) is 71.0 cm³/mol. The Bertz CT molecular complexity index is 371.